The van der Waals surface area contributed by atoms with Crippen molar-refractivity contribution >= 4 is 39.1 Å². The number of piperazine rings is 1. The minimum absolute atomic E-state index is 0.0442. The quantitative estimate of drug-likeness (QED) is 0.281. The van der Waals surface area contributed by atoms with Crippen molar-refractivity contribution in [2.75, 3.05) is 59.0 Å². The molecule has 0 aromatic heterocycles. The number of nitrogens with zero attached hydrogens (tertiary/aromatic N) is 3. The third-order valence-electron chi connectivity index (χ3n) is 9.54. The first-order valence-corrected chi connectivity index (χ1v) is 18.8. The maximum absolute atomic E-state index is 15.1. The van der Waals surface area contributed by atoms with E-state index in [1.54, 1.807) is 23.1 Å². The highest BCUT2D eigenvalue weighted by Gasteiger charge is 2.55. The predicted molar refractivity (Wildman–Crippen MR) is 187 cm³/mol. The van der Waals surface area contributed by atoms with Crippen molar-refractivity contribution < 1.29 is 23.1 Å². The lowest BCUT2D eigenvalue weighted by atomic mass is 9.95. The lowest BCUT2D eigenvalue weighted by molar-refractivity contribution is -0.141. The molecule has 3 aliphatic rings. The molecule has 0 saturated carbocycles. The van der Waals surface area contributed by atoms with Gasteiger partial charge in [0, 0.05) is 61.4 Å². The number of β-amino-alcohol motifs (C(OH)–C–C–N with tert-alkyl or cyclic N) is 1. The van der Waals surface area contributed by atoms with Crippen LogP contribution in [0.15, 0.2) is 71.6 Å². The second-order valence-electron chi connectivity index (χ2n) is 12.5. The minimum atomic E-state index is -3.84. The van der Waals surface area contributed by atoms with Crippen LogP contribution in [-0.4, -0.2) is 92.6 Å². The summed E-state index contributed by atoms with van der Waals surface area (Å²) >= 11 is 12.6. The number of ether oxygens (including phenoxy) is 1. The Labute approximate surface area is 293 Å². The zero-order valence-electron chi connectivity index (χ0n) is 27.1. The molecule has 3 aliphatic heterocycles. The normalized spacial score (nSPS) is 24.1. The van der Waals surface area contributed by atoms with E-state index >= 15 is 4.79 Å². The van der Waals surface area contributed by atoms with Crippen molar-refractivity contribution in [3.05, 3.63) is 93.5 Å². The van der Waals surface area contributed by atoms with Crippen LogP contribution < -0.4 is 15.4 Å². The van der Waals surface area contributed by atoms with Crippen LogP contribution in [-0.2, 0) is 20.5 Å². The zero-order valence-corrected chi connectivity index (χ0v) is 29.4. The standard InChI is InChI=1S/C35H43Cl2N5O5S/c1-2-47-31-15-14-29(48(45,46)42-16-4-3-5-17-42)24-30(31)35(34(44)41-20-18-40(19-21-41)22-23-43)38-32(25-6-10-27(36)11-7-25)33(39-35)26-8-12-28(37)13-9-26/h6-15,24,32-33,38-39,43H,2-5,16-23H2,1H3. The molecule has 3 aromatic rings. The molecule has 3 N–H and O–H groups in total. The van der Waals surface area contributed by atoms with Crippen molar-refractivity contribution in [2.45, 2.75) is 48.8 Å². The molecule has 3 fully saturated rings. The van der Waals surface area contributed by atoms with E-state index in [9.17, 15) is 13.5 Å². The van der Waals surface area contributed by atoms with Gasteiger partial charge in [0.05, 0.1) is 30.2 Å². The van der Waals surface area contributed by atoms with E-state index in [0.717, 1.165) is 30.4 Å². The van der Waals surface area contributed by atoms with E-state index in [1.165, 1.54) is 4.31 Å². The molecule has 3 heterocycles. The summed E-state index contributed by atoms with van der Waals surface area (Å²) in [6.45, 7) is 5.76. The smallest absolute Gasteiger partial charge is 0.262 e. The number of nitrogens with one attached hydrogen (secondary N) is 2. The van der Waals surface area contributed by atoms with Crippen LogP contribution in [0.2, 0.25) is 10.0 Å². The van der Waals surface area contributed by atoms with E-state index in [1.807, 2.05) is 55.5 Å². The summed E-state index contributed by atoms with van der Waals surface area (Å²) in [5, 5.41) is 18.1. The number of carbonyl (C=O) groups is 1. The highest BCUT2D eigenvalue weighted by atomic mass is 35.5. The summed E-state index contributed by atoms with van der Waals surface area (Å²) in [5.41, 5.74) is 0.612. The number of benzene rings is 3. The molecule has 2 atom stereocenters. The first-order chi connectivity index (χ1) is 23.2. The number of halogens is 2. The van der Waals surface area contributed by atoms with Gasteiger partial charge < -0.3 is 14.7 Å². The number of aliphatic hydroxyl groups is 1. The van der Waals surface area contributed by atoms with E-state index < -0.39 is 27.8 Å². The molecule has 6 rings (SSSR count). The maximum atomic E-state index is 15.1. The van der Waals surface area contributed by atoms with Gasteiger partial charge in [-0.05, 0) is 73.4 Å². The van der Waals surface area contributed by atoms with E-state index in [-0.39, 0.29) is 17.4 Å². The summed E-state index contributed by atoms with van der Waals surface area (Å²) in [6, 6.07) is 19.0. The summed E-state index contributed by atoms with van der Waals surface area (Å²) in [5.74, 6) is 0.170. The first kappa shape index (κ1) is 35.1. The van der Waals surface area contributed by atoms with Gasteiger partial charge in [0.25, 0.3) is 5.91 Å². The fourth-order valence-corrected chi connectivity index (χ4v) is 8.81. The molecule has 0 bridgehead atoms. The van der Waals surface area contributed by atoms with Crippen LogP contribution in [0.3, 0.4) is 0 Å². The summed E-state index contributed by atoms with van der Waals surface area (Å²) < 4.78 is 35.8. The van der Waals surface area contributed by atoms with Gasteiger partial charge in [-0.3, -0.25) is 20.3 Å². The van der Waals surface area contributed by atoms with Gasteiger partial charge in [-0.1, -0.05) is 53.9 Å². The lowest BCUT2D eigenvalue weighted by Crippen LogP contribution is -2.62. The Morgan fingerprint density at radius 2 is 1.42 bits per heavy atom. The Kier molecular flexibility index (Phi) is 11.0. The molecule has 10 nitrogen and oxygen atoms in total. The van der Waals surface area contributed by atoms with Crippen LogP contribution in [0.1, 0.15) is 55.0 Å². The van der Waals surface area contributed by atoms with Crippen molar-refractivity contribution in [1.29, 1.82) is 0 Å². The van der Waals surface area contributed by atoms with Crippen LogP contribution >= 0.6 is 23.2 Å². The fraction of sp³-hybridized carbons (Fsp3) is 0.457. The van der Waals surface area contributed by atoms with Crippen molar-refractivity contribution in [3.63, 3.8) is 0 Å². The van der Waals surface area contributed by atoms with Crippen molar-refractivity contribution in [3.8, 4) is 5.75 Å². The SMILES string of the molecule is CCOc1ccc(S(=O)(=O)N2CCCCC2)cc1C1(C(=O)N2CCN(CCO)CC2)NC(c2ccc(Cl)cc2)C(c2ccc(Cl)cc2)N1. The highest BCUT2D eigenvalue weighted by molar-refractivity contribution is 7.89. The third-order valence-corrected chi connectivity index (χ3v) is 11.9. The lowest BCUT2D eigenvalue weighted by Gasteiger charge is -2.40. The number of amides is 1. The maximum Gasteiger partial charge on any atom is 0.262 e. The van der Waals surface area contributed by atoms with Crippen LogP contribution in [0.4, 0.5) is 0 Å². The second-order valence-corrected chi connectivity index (χ2v) is 15.3. The topological polar surface area (TPSA) is 114 Å². The van der Waals surface area contributed by atoms with Gasteiger partial charge in [-0.25, -0.2) is 8.42 Å². The summed E-state index contributed by atoms with van der Waals surface area (Å²) in [4.78, 5) is 19.2. The van der Waals surface area contributed by atoms with Gasteiger partial charge in [0.1, 0.15) is 5.75 Å². The number of hydrogen-bond donors (Lipinski definition) is 3. The molecule has 2 unspecified atom stereocenters. The second kappa shape index (κ2) is 15.0. The van der Waals surface area contributed by atoms with Gasteiger partial charge >= 0.3 is 0 Å². The molecule has 48 heavy (non-hydrogen) atoms. The molecule has 13 heteroatoms. The largest absolute Gasteiger partial charge is 0.493 e. The monoisotopic (exact) mass is 715 g/mol. The third kappa shape index (κ3) is 7.11. The molecule has 1 amide bonds. The number of piperidine rings is 1. The molecule has 0 aliphatic carbocycles. The average Bonchev–Trinajstić information content (AvgIpc) is 3.51. The fourth-order valence-electron chi connectivity index (χ4n) is 7.01. The van der Waals surface area contributed by atoms with Gasteiger partial charge in [0.2, 0.25) is 10.0 Å². The van der Waals surface area contributed by atoms with Gasteiger partial charge in [0.15, 0.2) is 5.66 Å². The predicted octanol–water partition coefficient (Wildman–Crippen LogP) is 4.53. The minimum Gasteiger partial charge on any atom is -0.493 e. The Balaban J connectivity index is 1.51. The van der Waals surface area contributed by atoms with E-state index in [0.29, 0.717) is 73.8 Å². The van der Waals surface area contributed by atoms with Crippen molar-refractivity contribution in [1.82, 2.24) is 24.7 Å². The van der Waals surface area contributed by atoms with Gasteiger partial charge in [-0.2, -0.15) is 4.31 Å². The molecule has 3 saturated heterocycles. The number of rotatable bonds is 10. The zero-order chi connectivity index (χ0) is 33.9. The number of carbonyl (C=O) groups excluding carboxylic acids is 1. The Bertz CT molecular complexity index is 1620. The van der Waals surface area contributed by atoms with E-state index in [4.69, 9.17) is 27.9 Å². The van der Waals surface area contributed by atoms with Crippen LogP contribution in [0, 0.1) is 0 Å². The van der Waals surface area contributed by atoms with Crippen molar-refractivity contribution in [2.24, 2.45) is 0 Å². The van der Waals surface area contributed by atoms with Gasteiger partial charge in [-0.15, -0.1) is 0 Å². The molecular weight excluding hydrogens is 673 g/mol. The Hall–Kier alpha value is -2.74. The van der Waals surface area contributed by atoms with Crippen LogP contribution in [0.25, 0.3) is 0 Å². The molecule has 3 aromatic carbocycles. The van der Waals surface area contributed by atoms with E-state index in [2.05, 4.69) is 15.5 Å². The summed E-state index contributed by atoms with van der Waals surface area (Å²) in [6.07, 6.45) is 2.61. The Morgan fingerprint density at radius 3 is 1.94 bits per heavy atom. The average molecular weight is 717 g/mol. The first-order valence-electron chi connectivity index (χ1n) is 16.6. The molecular formula is C35H43Cl2N5O5S. The molecule has 0 spiro atoms. The number of aliphatic hydroxyl groups excluding tert-OH is 1. The molecule has 0 radical (unpaired) electrons. The highest BCUT2D eigenvalue weighted by Crippen LogP contribution is 2.45. The number of sulfonamides is 1. The summed E-state index contributed by atoms with van der Waals surface area (Å²) in [7, 11) is -3.84. The Morgan fingerprint density at radius 1 is 0.854 bits per heavy atom. The molecule has 258 valence electrons. The number of hydrogen-bond acceptors (Lipinski definition) is 8. The van der Waals surface area contributed by atoms with Crippen LogP contribution in [0.5, 0.6) is 5.75 Å².